The lowest BCUT2D eigenvalue weighted by molar-refractivity contribution is -0.120. The maximum absolute atomic E-state index is 11.1. The van der Waals surface area contributed by atoms with Gasteiger partial charge in [-0.3, -0.25) is 9.48 Å². The smallest absolute Gasteiger partial charge is 0.241 e. The molecule has 0 spiro atoms. The Morgan fingerprint density at radius 3 is 2.78 bits per heavy atom. The van der Waals surface area contributed by atoms with Gasteiger partial charge in [-0.15, -0.1) is 0 Å². The summed E-state index contributed by atoms with van der Waals surface area (Å²) < 4.78 is 1.60. The fourth-order valence-electron chi connectivity index (χ4n) is 1.87. The van der Waals surface area contributed by atoms with Crippen LogP contribution in [0.4, 0.5) is 0 Å². The van der Waals surface area contributed by atoms with Crippen LogP contribution < -0.4 is 5.73 Å². The van der Waals surface area contributed by atoms with Crippen LogP contribution in [0.15, 0.2) is 30.6 Å². The summed E-state index contributed by atoms with van der Waals surface area (Å²) >= 11 is 0. The molecule has 2 N–H and O–H groups in total. The molecule has 2 aromatic rings. The zero-order valence-electron chi connectivity index (χ0n) is 10.8. The molecule has 4 nitrogen and oxygen atoms in total. The Morgan fingerprint density at radius 2 is 2.11 bits per heavy atom. The van der Waals surface area contributed by atoms with Crippen molar-refractivity contribution >= 4 is 5.91 Å². The molecule has 1 amide bonds. The van der Waals surface area contributed by atoms with Gasteiger partial charge < -0.3 is 5.73 Å². The highest BCUT2D eigenvalue weighted by atomic mass is 16.1. The third-order valence-electron chi connectivity index (χ3n) is 3.11. The number of amides is 1. The number of nitrogens with zero attached hydrogens (tertiary/aromatic N) is 2. The predicted octanol–water partition coefficient (Wildman–Crippen LogP) is 2.21. The maximum atomic E-state index is 11.1. The van der Waals surface area contributed by atoms with Gasteiger partial charge in [0.05, 0.1) is 6.20 Å². The summed E-state index contributed by atoms with van der Waals surface area (Å²) in [6, 6.07) is 5.85. The summed E-state index contributed by atoms with van der Waals surface area (Å²) in [5.74, 6) is -0.384. The zero-order chi connectivity index (χ0) is 13.3. The molecule has 4 heteroatoms. The molecule has 0 fully saturated rings. The Balaban J connectivity index is 2.41. The highest BCUT2D eigenvalue weighted by Crippen LogP contribution is 2.24. The van der Waals surface area contributed by atoms with Gasteiger partial charge in [-0.25, -0.2) is 0 Å². The van der Waals surface area contributed by atoms with Gasteiger partial charge in [0.2, 0.25) is 5.91 Å². The van der Waals surface area contributed by atoms with Crippen molar-refractivity contribution in [3.05, 3.63) is 41.7 Å². The number of carbonyl (C=O) groups excluding carboxylic acids is 1. The van der Waals surface area contributed by atoms with E-state index in [1.807, 2.05) is 6.20 Å². The minimum Gasteiger partial charge on any atom is -0.368 e. The largest absolute Gasteiger partial charge is 0.368 e. The molecular weight excluding hydrogens is 226 g/mol. The number of nitrogens with two attached hydrogens (primary N) is 1. The fraction of sp³-hybridized carbons (Fsp3) is 0.286. The standard InChI is InChI=1S/C14H17N3O/c1-9-4-5-10(2)13(6-9)12-7-16-17(8-12)11(3)14(15)18/h4-8,11H,1-3H3,(H2,15,18)/t11-/m0/s1. The van der Waals surface area contributed by atoms with E-state index in [4.69, 9.17) is 5.73 Å². The van der Waals surface area contributed by atoms with Gasteiger partial charge in [0.25, 0.3) is 0 Å². The summed E-state index contributed by atoms with van der Waals surface area (Å²) in [5.41, 5.74) is 9.80. The number of primary amides is 1. The van der Waals surface area contributed by atoms with Crippen LogP contribution in [-0.4, -0.2) is 15.7 Å². The van der Waals surface area contributed by atoms with Crippen LogP contribution >= 0.6 is 0 Å². The summed E-state index contributed by atoms with van der Waals surface area (Å²) in [6.45, 7) is 5.85. The predicted molar refractivity (Wildman–Crippen MR) is 71.0 cm³/mol. The molecule has 1 heterocycles. The normalized spacial score (nSPS) is 12.4. The third-order valence-corrected chi connectivity index (χ3v) is 3.11. The van der Waals surface area contributed by atoms with Gasteiger partial charge >= 0.3 is 0 Å². The van der Waals surface area contributed by atoms with Crippen molar-refractivity contribution in [1.29, 1.82) is 0 Å². The van der Waals surface area contributed by atoms with Crippen molar-refractivity contribution in [3.63, 3.8) is 0 Å². The molecule has 0 aliphatic rings. The second-order valence-corrected chi connectivity index (χ2v) is 4.61. The van der Waals surface area contributed by atoms with E-state index in [1.165, 1.54) is 11.1 Å². The Bertz CT molecular complexity index is 586. The SMILES string of the molecule is Cc1ccc(C)c(-c2cnn([C@@H](C)C(N)=O)c2)c1. The third kappa shape index (κ3) is 2.27. The molecule has 18 heavy (non-hydrogen) atoms. The summed E-state index contributed by atoms with van der Waals surface area (Å²) in [6.07, 6.45) is 3.62. The lowest BCUT2D eigenvalue weighted by Crippen LogP contribution is -2.24. The quantitative estimate of drug-likeness (QED) is 0.898. The number of hydrogen-bond acceptors (Lipinski definition) is 2. The average Bonchev–Trinajstić information content (AvgIpc) is 2.80. The molecule has 0 bridgehead atoms. The van der Waals surface area contributed by atoms with Crippen LogP contribution in [0.25, 0.3) is 11.1 Å². The van der Waals surface area contributed by atoms with Crippen LogP contribution in [0.2, 0.25) is 0 Å². The first-order valence-corrected chi connectivity index (χ1v) is 5.90. The van der Waals surface area contributed by atoms with Crippen LogP contribution in [0.5, 0.6) is 0 Å². The number of aryl methyl sites for hydroxylation is 2. The molecule has 1 aromatic heterocycles. The first kappa shape index (κ1) is 12.4. The Hall–Kier alpha value is -2.10. The van der Waals surface area contributed by atoms with Crippen LogP contribution in [0, 0.1) is 13.8 Å². The van der Waals surface area contributed by atoms with Crippen LogP contribution in [0.3, 0.4) is 0 Å². The van der Waals surface area contributed by atoms with E-state index < -0.39 is 6.04 Å². The van der Waals surface area contributed by atoms with Gasteiger partial charge in [-0.05, 0) is 31.9 Å². The van der Waals surface area contributed by atoms with E-state index in [0.29, 0.717) is 0 Å². The highest BCUT2D eigenvalue weighted by Gasteiger charge is 2.13. The van der Waals surface area contributed by atoms with E-state index in [2.05, 4.69) is 37.1 Å². The van der Waals surface area contributed by atoms with Crippen molar-refractivity contribution < 1.29 is 4.79 Å². The van der Waals surface area contributed by atoms with Crippen molar-refractivity contribution in [2.24, 2.45) is 5.73 Å². The average molecular weight is 243 g/mol. The Morgan fingerprint density at radius 1 is 1.39 bits per heavy atom. The molecule has 0 unspecified atom stereocenters. The zero-order valence-corrected chi connectivity index (χ0v) is 10.8. The second-order valence-electron chi connectivity index (χ2n) is 4.61. The summed E-state index contributed by atoms with van der Waals surface area (Å²) in [7, 11) is 0. The molecule has 0 saturated carbocycles. The lowest BCUT2D eigenvalue weighted by Gasteiger charge is -2.07. The van der Waals surface area contributed by atoms with E-state index in [0.717, 1.165) is 11.1 Å². The van der Waals surface area contributed by atoms with Crippen molar-refractivity contribution in [3.8, 4) is 11.1 Å². The van der Waals surface area contributed by atoms with E-state index >= 15 is 0 Å². The minimum atomic E-state index is -0.427. The molecule has 0 saturated heterocycles. The first-order valence-electron chi connectivity index (χ1n) is 5.90. The van der Waals surface area contributed by atoms with Gasteiger partial charge in [0, 0.05) is 11.8 Å². The molecular formula is C14H17N3O. The molecule has 1 atom stereocenters. The summed E-state index contributed by atoms with van der Waals surface area (Å²) in [4.78, 5) is 11.1. The van der Waals surface area contributed by atoms with Crippen molar-refractivity contribution in [2.75, 3.05) is 0 Å². The van der Waals surface area contributed by atoms with Gasteiger partial charge in [0.1, 0.15) is 6.04 Å². The van der Waals surface area contributed by atoms with Crippen LogP contribution in [-0.2, 0) is 4.79 Å². The molecule has 94 valence electrons. The molecule has 0 radical (unpaired) electrons. The maximum Gasteiger partial charge on any atom is 0.241 e. The Labute approximate surface area is 106 Å². The van der Waals surface area contributed by atoms with Crippen molar-refractivity contribution in [2.45, 2.75) is 26.8 Å². The summed E-state index contributed by atoms with van der Waals surface area (Å²) in [5, 5.41) is 4.20. The monoisotopic (exact) mass is 243 g/mol. The molecule has 2 rings (SSSR count). The highest BCUT2D eigenvalue weighted by molar-refractivity contribution is 5.78. The van der Waals surface area contributed by atoms with Gasteiger partial charge in [-0.1, -0.05) is 23.8 Å². The number of carbonyl (C=O) groups is 1. The molecule has 0 aliphatic carbocycles. The number of hydrogen-bond donors (Lipinski definition) is 1. The van der Waals surface area contributed by atoms with E-state index in [-0.39, 0.29) is 5.91 Å². The van der Waals surface area contributed by atoms with Crippen molar-refractivity contribution in [1.82, 2.24) is 9.78 Å². The molecule has 1 aromatic carbocycles. The fourth-order valence-corrected chi connectivity index (χ4v) is 1.87. The Kier molecular flexibility index (Phi) is 3.19. The topological polar surface area (TPSA) is 60.9 Å². The van der Waals surface area contributed by atoms with E-state index in [1.54, 1.807) is 17.8 Å². The second kappa shape index (κ2) is 4.64. The minimum absolute atomic E-state index is 0.384. The number of rotatable bonds is 3. The molecule has 0 aliphatic heterocycles. The number of benzene rings is 1. The first-order chi connectivity index (χ1) is 8.49. The van der Waals surface area contributed by atoms with Crippen LogP contribution in [0.1, 0.15) is 24.1 Å². The van der Waals surface area contributed by atoms with Gasteiger partial charge in [-0.2, -0.15) is 5.10 Å². The van der Waals surface area contributed by atoms with E-state index in [9.17, 15) is 4.79 Å². The van der Waals surface area contributed by atoms with Gasteiger partial charge in [0.15, 0.2) is 0 Å². The number of aromatic nitrogens is 2. The lowest BCUT2D eigenvalue weighted by atomic mass is 10.0.